The molecule has 0 amide bonds. The van der Waals surface area contributed by atoms with Gasteiger partial charge >= 0.3 is 0 Å². The summed E-state index contributed by atoms with van der Waals surface area (Å²) in [6, 6.07) is 0.299. The molecule has 0 aliphatic carbocycles. The molecule has 0 aromatic carbocycles. The molecule has 5 nitrogen and oxygen atoms in total. The molecule has 0 spiro atoms. The number of nitrogens with zero attached hydrogens (tertiary/aromatic N) is 1. The minimum absolute atomic E-state index is 0.0104. The monoisotopic (exact) mass is 279 g/mol. The van der Waals surface area contributed by atoms with Crippen LogP contribution in [0.4, 0.5) is 0 Å². The van der Waals surface area contributed by atoms with E-state index in [9.17, 15) is 8.42 Å². The first-order valence-corrected chi connectivity index (χ1v) is 7.85. The Hall–Kier alpha value is -0.240. The number of likely N-dealkylation sites (N-methyl/N-ethyl adjacent to an activating group) is 1. The first-order valence-electron chi connectivity index (χ1n) is 5.90. The number of nitrogens with two attached hydrogens (primary N) is 1. The van der Waals surface area contributed by atoms with Gasteiger partial charge in [0.05, 0.1) is 4.99 Å². The van der Waals surface area contributed by atoms with Crippen molar-refractivity contribution in [3.63, 3.8) is 0 Å². The van der Waals surface area contributed by atoms with Crippen LogP contribution in [0.1, 0.15) is 26.7 Å². The number of thiocarbonyl (C=S) groups is 1. The van der Waals surface area contributed by atoms with Gasteiger partial charge in [-0.1, -0.05) is 19.1 Å². The normalized spacial score (nSPS) is 23.8. The summed E-state index contributed by atoms with van der Waals surface area (Å²) in [5.41, 5.74) is 5.36. The van der Waals surface area contributed by atoms with E-state index in [1.54, 1.807) is 0 Å². The molecule has 1 heterocycles. The predicted octanol–water partition coefficient (Wildman–Crippen LogP) is 0.0647. The Morgan fingerprint density at radius 1 is 1.65 bits per heavy atom. The highest BCUT2D eigenvalue weighted by Crippen LogP contribution is 2.16. The highest BCUT2D eigenvalue weighted by molar-refractivity contribution is 7.93. The fourth-order valence-electron chi connectivity index (χ4n) is 2.03. The molecule has 0 aromatic rings. The van der Waals surface area contributed by atoms with Crippen LogP contribution in [0.25, 0.3) is 0 Å². The van der Waals surface area contributed by atoms with Gasteiger partial charge in [0.2, 0.25) is 10.0 Å². The van der Waals surface area contributed by atoms with Crippen molar-refractivity contribution in [2.45, 2.75) is 38.0 Å². The fraction of sp³-hybridized carbons (Fsp3) is 0.900. The Kier molecular flexibility index (Phi) is 5.30. The number of hydrogen-bond acceptors (Lipinski definition) is 4. The van der Waals surface area contributed by atoms with Crippen LogP contribution in [0.5, 0.6) is 0 Å². The quantitative estimate of drug-likeness (QED) is 0.673. The van der Waals surface area contributed by atoms with Crippen molar-refractivity contribution >= 4 is 27.2 Å². The Morgan fingerprint density at radius 3 is 2.82 bits per heavy atom. The van der Waals surface area contributed by atoms with Crippen LogP contribution in [0.15, 0.2) is 0 Å². The van der Waals surface area contributed by atoms with Crippen molar-refractivity contribution in [1.29, 1.82) is 0 Å². The molecule has 0 aromatic heterocycles. The third kappa shape index (κ3) is 3.87. The van der Waals surface area contributed by atoms with Crippen molar-refractivity contribution in [3.8, 4) is 0 Å². The van der Waals surface area contributed by atoms with E-state index in [4.69, 9.17) is 18.0 Å². The molecule has 2 unspecified atom stereocenters. The van der Waals surface area contributed by atoms with Crippen LogP contribution < -0.4 is 10.5 Å². The van der Waals surface area contributed by atoms with Gasteiger partial charge in [-0.05, 0) is 32.9 Å². The lowest BCUT2D eigenvalue weighted by molar-refractivity contribution is 0.268. The Labute approximate surface area is 109 Å². The Morgan fingerprint density at radius 2 is 2.29 bits per heavy atom. The molecular weight excluding hydrogens is 258 g/mol. The average molecular weight is 279 g/mol. The molecule has 2 atom stereocenters. The maximum Gasteiger partial charge on any atom is 0.220 e. The lowest BCUT2D eigenvalue weighted by atomic mass is 10.2. The number of hydrogen-bond donors (Lipinski definition) is 2. The second-order valence-corrected chi connectivity index (χ2v) is 6.92. The van der Waals surface area contributed by atoms with E-state index < -0.39 is 15.3 Å². The molecular formula is C10H21N3O2S2. The van der Waals surface area contributed by atoms with Crippen molar-refractivity contribution in [1.82, 2.24) is 9.62 Å². The maximum atomic E-state index is 11.8. The standard InChI is InChI=1S/C10H21N3O2S2/c1-3-13-6-4-5-9(13)7-12-17(14,15)8(2)10(11)16/h8-9,12H,3-7H2,1-2H3,(H2,11,16). The van der Waals surface area contributed by atoms with Crippen molar-refractivity contribution in [3.05, 3.63) is 0 Å². The summed E-state index contributed by atoms with van der Waals surface area (Å²) in [6.45, 7) is 6.05. The van der Waals surface area contributed by atoms with Gasteiger partial charge in [-0.25, -0.2) is 13.1 Å². The fourth-order valence-corrected chi connectivity index (χ4v) is 3.39. The molecule has 0 radical (unpaired) electrons. The minimum Gasteiger partial charge on any atom is -0.392 e. The first-order chi connectivity index (χ1) is 7.88. The smallest absolute Gasteiger partial charge is 0.220 e. The Balaban J connectivity index is 2.52. The number of rotatable bonds is 6. The van der Waals surface area contributed by atoms with Crippen LogP contribution in [0, 0.1) is 0 Å². The lowest BCUT2D eigenvalue weighted by Gasteiger charge is -2.23. The molecule has 0 saturated carbocycles. The number of likely N-dealkylation sites (tertiary alicyclic amines) is 1. The van der Waals surface area contributed by atoms with E-state index in [1.165, 1.54) is 6.92 Å². The largest absolute Gasteiger partial charge is 0.392 e. The summed E-state index contributed by atoms with van der Waals surface area (Å²) < 4.78 is 26.3. The molecule has 100 valence electrons. The molecule has 1 aliphatic heterocycles. The van der Waals surface area contributed by atoms with Crippen LogP contribution in [0.3, 0.4) is 0 Å². The zero-order chi connectivity index (χ0) is 13.1. The van der Waals surface area contributed by atoms with Crippen LogP contribution >= 0.6 is 12.2 Å². The van der Waals surface area contributed by atoms with Gasteiger partial charge in [0.1, 0.15) is 5.25 Å². The number of sulfonamides is 1. The molecule has 1 rings (SSSR count). The van der Waals surface area contributed by atoms with Gasteiger partial charge < -0.3 is 5.73 Å². The van der Waals surface area contributed by atoms with E-state index in [1.807, 2.05) is 0 Å². The van der Waals surface area contributed by atoms with Gasteiger partial charge in [0.25, 0.3) is 0 Å². The second kappa shape index (κ2) is 6.08. The molecule has 17 heavy (non-hydrogen) atoms. The van der Waals surface area contributed by atoms with Crippen molar-refractivity contribution < 1.29 is 8.42 Å². The maximum absolute atomic E-state index is 11.8. The molecule has 0 bridgehead atoms. The second-order valence-electron chi connectivity index (χ2n) is 4.36. The minimum atomic E-state index is -3.42. The summed E-state index contributed by atoms with van der Waals surface area (Å²) in [7, 11) is -3.42. The zero-order valence-electron chi connectivity index (χ0n) is 10.3. The van der Waals surface area contributed by atoms with Crippen molar-refractivity contribution in [2.24, 2.45) is 5.73 Å². The van der Waals surface area contributed by atoms with E-state index in [2.05, 4.69) is 16.5 Å². The number of nitrogens with one attached hydrogen (secondary N) is 1. The summed E-state index contributed by atoms with van der Waals surface area (Å²) >= 11 is 4.71. The van der Waals surface area contributed by atoms with Crippen LogP contribution in [-0.4, -0.2) is 49.2 Å². The van der Waals surface area contributed by atoms with Gasteiger partial charge in [-0.3, -0.25) is 4.90 Å². The van der Waals surface area contributed by atoms with Gasteiger partial charge in [0.15, 0.2) is 0 Å². The van der Waals surface area contributed by atoms with E-state index in [0.29, 0.717) is 12.6 Å². The summed E-state index contributed by atoms with van der Waals surface area (Å²) in [4.78, 5) is 2.30. The third-order valence-corrected chi connectivity index (χ3v) is 5.55. The average Bonchev–Trinajstić information content (AvgIpc) is 2.72. The van der Waals surface area contributed by atoms with Crippen LogP contribution in [-0.2, 0) is 10.0 Å². The van der Waals surface area contributed by atoms with E-state index >= 15 is 0 Å². The van der Waals surface area contributed by atoms with E-state index in [0.717, 1.165) is 25.9 Å². The summed E-state index contributed by atoms with van der Waals surface area (Å²) in [5.74, 6) is 0. The predicted molar refractivity (Wildman–Crippen MR) is 73.4 cm³/mol. The summed E-state index contributed by atoms with van der Waals surface area (Å²) in [6.07, 6.45) is 2.17. The highest BCUT2D eigenvalue weighted by Gasteiger charge is 2.27. The topological polar surface area (TPSA) is 75.4 Å². The molecule has 1 aliphatic rings. The molecule has 3 N–H and O–H groups in total. The van der Waals surface area contributed by atoms with Crippen LogP contribution in [0.2, 0.25) is 0 Å². The molecule has 7 heteroatoms. The molecule has 1 saturated heterocycles. The van der Waals surface area contributed by atoms with E-state index in [-0.39, 0.29) is 4.99 Å². The summed E-state index contributed by atoms with van der Waals surface area (Å²) in [5, 5.41) is -0.811. The lowest BCUT2D eigenvalue weighted by Crippen LogP contribution is -2.45. The van der Waals surface area contributed by atoms with Gasteiger partial charge in [0, 0.05) is 12.6 Å². The van der Waals surface area contributed by atoms with Gasteiger partial charge in [-0.15, -0.1) is 0 Å². The highest BCUT2D eigenvalue weighted by atomic mass is 32.2. The Bertz CT molecular complexity index is 370. The zero-order valence-corrected chi connectivity index (χ0v) is 12.0. The first kappa shape index (κ1) is 14.8. The SMILES string of the molecule is CCN1CCCC1CNS(=O)(=O)C(C)C(N)=S. The molecule has 1 fully saturated rings. The van der Waals surface area contributed by atoms with Gasteiger partial charge in [-0.2, -0.15) is 0 Å². The third-order valence-electron chi connectivity index (χ3n) is 3.29. The van der Waals surface area contributed by atoms with Crippen molar-refractivity contribution in [2.75, 3.05) is 19.6 Å².